The van der Waals surface area contributed by atoms with Crippen LogP contribution in [-0.4, -0.2) is 20.7 Å². The van der Waals surface area contributed by atoms with Gasteiger partial charge in [-0.05, 0) is 18.2 Å². The lowest BCUT2D eigenvalue weighted by molar-refractivity contribution is -0.141. The molecule has 0 aliphatic carbocycles. The van der Waals surface area contributed by atoms with E-state index in [0.717, 1.165) is 10.7 Å². The maximum Gasteiger partial charge on any atom is 0.433 e. The molecule has 2 N–H and O–H groups in total. The number of nitriles is 1. The highest BCUT2D eigenvalue weighted by atomic mass is 19.4. The Labute approximate surface area is 110 Å². The third-order valence-electron chi connectivity index (χ3n) is 2.34. The van der Waals surface area contributed by atoms with Crippen LogP contribution >= 0.6 is 0 Å². The van der Waals surface area contributed by atoms with Crippen molar-refractivity contribution < 1.29 is 18.0 Å². The number of halogens is 3. The number of rotatable bonds is 2. The highest BCUT2D eigenvalue weighted by Crippen LogP contribution is 2.28. The molecule has 1 amide bonds. The molecule has 20 heavy (non-hydrogen) atoms. The molecule has 0 unspecified atom stereocenters. The average Bonchev–Trinajstić information content (AvgIpc) is 2.86. The van der Waals surface area contributed by atoms with Crippen LogP contribution in [0.4, 0.5) is 13.2 Å². The number of hydrogen-bond acceptors (Lipinski definition) is 4. The summed E-state index contributed by atoms with van der Waals surface area (Å²) < 4.78 is 38.7. The maximum atomic E-state index is 12.6. The number of carbonyl (C=O) groups is 1. The van der Waals surface area contributed by atoms with Crippen LogP contribution in [0.25, 0.3) is 5.82 Å². The summed E-state index contributed by atoms with van der Waals surface area (Å²) in [5, 5.41) is 12.6. The summed E-state index contributed by atoms with van der Waals surface area (Å²) in [6.07, 6.45) is -3.45. The van der Waals surface area contributed by atoms with E-state index in [9.17, 15) is 18.0 Å². The first-order chi connectivity index (χ1) is 9.32. The fourth-order valence-electron chi connectivity index (χ4n) is 1.44. The number of amides is 1. The summed E-state index contributed by atoms with van der Waals surface area (Å²) in [5.41, 5.74) is 3.57. The second-order valence-corrected chi connectivity index (χ2v) is 3.69. The van der Waals surface area contributed by atoms with Crippen LogP contribution in [0, 0.1) is 11.3 Å². The third-order valence-corrected chi connectivity index (χ3v) is 2.34. The molecule has 0 aromatic carbocycles. The van der Waals surface area contributed by atoms with Gasteiger partial charge in [0.2, 0.25) is 0 Å². The first kappa shape index (κ1) is 13.5. The van der Waals surface area contributed by atoms with Gasteiger partial charge in [0, 0.05) is 6.20 Å². The smallest absolute Gasteiger partial charge is 0.364 e. The Morgan fingerprint density at radius 1 is 1.35 bits per heavy atom. The molecule has 0 radical (unpaired) electrons. The first-order valence-corrected chi connectivity index (χ1v) is 5.17. The van der Waals surface area contributed by atoms with E-state index < -0.39 is 17.8 Å². The van der Waals surface area contributed by atoms with Gasteiger partial charge in [-0.15, -0.1) is 0 Å². The van der Waals surface area contributed by atoms with Crippen molar-refractivity contribution >= 4 is 5.91 Å². The predicted octanol–water partition coefficient (Wildman–Crippen LogP) is 1.26. The van der Waals surface area contributed by atoms with Gasteiger partial charge in [-0.3, -0.25) is 4.79 Å². The molecule has 9 heteroatoms. The Morgan fingerprint density at radius 3 is 2.55 bits per heavy atom. The highest BCUT2D eigenvalue weighted by molar-refractivity contribution is 5.90. The van der Waals surface area contributed by atoms with Gasteiger partial charge >= 0.3 is 6.18 Å². The molecule has 0 bridgehead atoms. The Bertz CT molecular complexity index is 714. The van der Waals surface area contributed by atoms with Crippen molar-refractivity contribution in [1.29, 1.82) is 5.26 Å². The number of primary amides is 1. The number of hydrogen-bond donors (Lipinski definition) is 1. The zero-order valence-electron chi connectivity index (χ0n) is 9.72. The summed E-state index contributed by atoms with van der Waals surface area (Å²) >= 11 is 0. The summed E-state index contributed by atoms with van der Waals surface area (Å²) in [4.78, 5) is 14.3. The van der Waals surface area contributed by atoms with Crippen LogP contribution in [0.1, 0.15) is 21.7 Å². The lowest BCUT2D eigenvalue weighted by atomic mass is 10.2. The van der Waals surface area contributed by atoms with Crippen molar-refractivity contribution in [2.24, 2.45) is 5.73 Å². The number of pyridine rings is 1. The normalized spacial score (nSPS) is 11.1. The summed E-state index contributed by atoms with van der Waals surface area (Å²) in [6.45, 7) is 0. The number of nitrogens with two attached hydrogens (primary N) is 1. The van der Waals surface area contributed by atoms with Crippen molar-refractivity contribution in [1.82, 2.24) is 14.8 Å². The molecule has 0 aliphatic heterocycles. The van der Waals surface area contributed by atoms with Gasteiger partial charge in [0.25, 0.3) is 5.91 Å². The second kappa shape index (κ2) is 4.65. The second-order valence-electron chi connectivity index (χ2n) is 3.69. The monoisotopic (exact) mass is 281 g/mol. The van der Waals surface area contributed by atoms with Gasteiger partial charge < -0.3 is 5.73 Å². The molecule has 0 saturated heterocycles. The summed E-state index contributed by atoms with van der Waals surface area (Å²) in [5.74, 6) is -1.16. The van der Waals surface area contributed by atoms with Crippen LogP contribution in [0.2, 0.25) is 0 Å². The van der Waals surface area contributed by atoms with E-state index in [1.165, 1.54) is 12.3 Å². The van der Waals surface area contributed by atoms with E-state index in [2.05, 4.69) is 10.1 Å². The zero-order valence-corrected chi connectivity index (χ0v) is 9.72. The number of aromatic nitrogens is 3. The van der Waals surface area contributed by atoms with Crippen molar-refractivity contribution in [3.8, 4) is 11.9 Å². The van der Waals surface area contributed by atoms with E-state index in [-0.39, 0.29) is 17.1 Å². The maximum absolute atomic E-state index is 12.6. The lowest BCUT2D eigenvalue weighted by Gasteiger charge is -2.09. The highest BCUT2D eigenvalue weighted by Gasteiger charge is 2.33. The van der Waals surface area contributed by atoms with Gasteiger partial charge in [0.1, 0.15) is 17.5 Å². The molecule has 2 aromatic rings. The number of carbonyl (C=O) groups excluding carboxylic acids is 1. The van der Waals surface area contributed by atoms with Crippen molar-refractivity contribution in [3.63, 3.8) is 0 Å². The molecular weight excluding hydrogens is 275 g/mol. The minimum atomic E-state index is -4.65. The fraction of sp³-hybridized carbons (Fsp3) is 0.0909. The van der Waals surface area contributed by atoms with E-state index >= 15 is 0 Å². The minimum absolute atomic E-state index is 0.114. The van der Waals surface area contributed by atoms with Gasteiger partial charge in [0.05, 0.1) is 5.56 Å². The number of alkyl halides is 3. The van der Waals surface area contributed by atoms with E-state index in [1.54, 1.807) is 6.07 Å². The molecular formula is C11H6F3N5O. The summed E-state index contributed by atoms with van der Waals surface area (Å²) in [7, 11) is 0. The van der Waals surface area contributed by atoms with Crippen LogP contribution in [0.5, 0.6) is 0 Å². The number of nitrogens with zero attached hydrogens (tertiary/aromatic N) is 4. The SMILES string of the molecule is N#Cc1ccc(C(F)(F)F)nc1-n1ccc(C(N)=O)n1. The van der Waals surface area contributed by atoms with E-state index in [1.807, 2.05) is 0 Å². The first-order valence-electron chi connectivity index (χ1n) is 5.17. The summed E-state index contributed by atoms with van der Waals surface area (Å²) in [6, 6.07) is 4.60. The fourth-order valence-corrected chi connectivity index (χ4v) is 1.44. The molecule has 0 fully saturated rings. The molecule has 0 aliphatic rings. The molecule has 0 saturated carbocycles. The Morgan fingerprint density at radius 2 is 2.05 bits per heavy atom. The largest absolute Gasteiger partial charge is 0.433 e. The van der Waals surface area contributed by atoms with Gasteiger partial charge in [-0.1, -0.05) is 0 Å². The van der Waals surface area contributed by atoms with Gasteiger partial charge in [-0.25, -0.2) is 9.67 Å². The average molecular weight is 281 g/mol. The van der Waals surface area contributed by atoms with Crippen LogP contribution < -0.4 is 5.73 Å². The quantitative estimate of drug-likeness (QED) is 0.895. The lowest BCUT2D eigenvalue weighted by Crippen LogP contribution is -2.14. The molecule has 2 rings (SSSR count). The van der Waals surface area contributed by atoms with E-state index in [4.69, 9.17) is 11.0 Å². The Kier molecular flexibility index (Phi) is 3.15. The molecule has 102 valence electrons. The van der Waals surface area contributed by atoms with Crippen molar-refractivity contribution in [3.05, 3.63) is 41.3 Å². The Hall–Kier alpha value is -2.89. The predicted molar refractivity (Wildman–Crippen MR) is 59.6 cm³/mol. The van der Waals surface area contributed by atoms with Crippen LogP contribution in [0.3, 0.4) is 0 Å². The molecule has 2 heterocycles. The van der Waals surface area contributed by atoms with Gasteiger partial charge in [0.15, 0.2) is 5.82 Å². The van der Waals surface area contributed by atoms with Crippen molar-refractivity contribution in [2.75, 3.05) is 0 Å². The molecule has 0 atom stereocenters. The standard InChI is InChI=1S/C11H6F3N5O/c12-11(13,14)8-2-1-6(5-15)10(17-8)19-4-3-7(18-19)9(16)20/h1-4H,(H2,16,20). The molecule has 0 spiro atoms. The van der Waals surface area contributed by atoms with E-state index in [0.29, 0.717) is 6.07 Å². The topological polar surface area (TPSA) is 97.6 Å². The third kappa shape index (κ3) is 2.44. The molecule has 6 nitrogen and oxygen atoms in total. The van der Waals surface area contributed by atoms with Crippen LogP contribution in [-0.2, 0) is 6.18 Å². The zero-order chi connectivity index (χ0) is 14.9. The van der Waals surface area contributed by atoms with Crippen LogP contribution in [0.15, 0.2) is 24.4 Å². The van der Waals surface area contributed by atoms with Gasteiger partial charge in [-0.2, -0.15) is 23.5 Å². The molecule has 2 aromatic heterocycles. The van der Waals surface area contributed by atoms with Crippen molar-refractivity contribution in [2.45, 2.75) is 6.18 Å². The Balaban J connectivity index is 2.59. The minimum Gasteiger partial charge on any atom is -0.364 e.